The first-order valence-electron chi connectivity index (χ1n) is 7.69. The highest BCUT2D eigenvalue weighted by molar-refractivity contribution is 5.91. The van der Waals surface area contributed by atoms with E-state index in [0.717, 1.165) is 31.2 Å². The van der Waals surface area contributed by atoms with Gasteiger partial charge in [-0.05, 0) is 30.5 Å². The molecule has 134 valence electrons. The molecule has 0 saturated carbocycles. The van der Waals surface area contributed by atoms with Gasteiger partial charge in [-0.2, -0.15) is 0 Å². The molecule has 0 aromatic heterocycles. The van der Waals surface area contributed by atoms with Crippen LogP contribution in [0.25, 0.3) is 0 Å². The number of hydrogen-bond donors (Lipinski definition) is 0. The van der Waals surface area contributed by atoms with Crippen molar-refractivity contribution in [3.05, 3.63) is 64.5 Å². The molecular weight excluding hydrogens is 343 g/mol. The van der Waals surface area contributed by atoms with Crippen LogP contribution < -0.4 is 4.74 Å². The summed E-state index contributed by atoms with van der Waals surface area (Å²) in [6.07, 6.45) is 3.94. The molecule has 0 aliphatic rings. The van der Waals surface area contributed by atoms with Crippen molar-refractivity contribution in [1.29, 1.82) is 0 Å². The van der Waals surface area contributed by atoms with E-state index in [4.69, 9.17) is 4.74 Å². The number of rotatable bonds is 6. The van der Waals surface area contributed by atoms with Gasteiger partial charge in [-0.25, -0.2) is 26.7 Å². The average molecular weight is 358 g/mol. The molecule has 0 heterocycles. The maximum Gasteiger partial charge on any atom is 0.349 e. The second-order valence-electron chi connectivity index (χ2n) is 5.44. The van der Waals surface area contributed by atoms with Crippen LogP contribution in [0.3, 0.4) is 0 Å². The predicted molar refractivity (Wildman–Crippen MR) is 80.9 cm³/mol. The van der Waals surface area contributed by atoms with Crippen molar-refractivity contribution in [2.24, 2.45) is 0 Å². The van der Waals surface area contributed by atoms with Crippen LogP contribution in [0.2, 0.25) is 0 Å². The summed E-state index contributed by atoms with van der Waals surface area (Å²) < 4.78 is 71.1. The van der Waals surface area contributed by atoms with Gasteiger partial charge in [-0.3, -0.25) is 0 Å². The fourth-order valence-electron chi connectivity index (χ4n) is 2.25. The SMILES string of the molecule is CCCCCc1ccc(OC(=O)c2c(F)c(F)c(F)c(F)c2F)cc1. The summed E-state index contributed by atoms with van der Waals surface area (Å²) >= 11 is 0. The number of carbonyl (C=O) groups excluding carboxylic acids is 1. The Morgan fingerprint density at radius 1 is 0.840 bits per heavy atom. The summed E-state index contributed by atoms with van der Waals surface area (Å²) in [5.74, 6) is -12.9. The molecule has 0 fully saturated rings. The zero-order chi connectivity index (χ0) is 18.6. The molecular formula is C18H15F5O2. The van der Waals surface area contributed by atoms with Crippen LogP contribution in [0.4, 0.5) is 22.0 Å². The third kappa shape index (κ3) is 4.15. The topological polar surface area (TPSA) is 26.3 Å². The maximum absolute atomic E-state index is 13.6. The van der Waals surface area contributed by atoms with E-state index in [9.17, 15) is 26.7 Å². The Labute approximate surface area is 141 Å². The van der Waals surface area contributed by atoms with Gasteiger partial charge in [0.15, 0.2) is 23.3 Å². The van der Waals surface area contributed by atoms with Gasteiger partial charge in [0.1, 0.15) is 11.3 Å². The standard InChI is InChI=1S/C18H15F5O2/c1-2-3-4-5-10-6-8-11(9-7-10)25-18(24)12-13(19)15(21)17(23)16(22)14(12)20/h6-9H,2-5H2,1H3. The Kier molecular flexibility index (Phi) is 6.12. The summed E-state index contributed by atoms with van der Waals surface area (Å²) in [5.41, 5.74) is -0.645. The van der Waals surface area contributed by atoms with Crippen molar-refractivity contribution in [1.82, 2.24) is 0 Å². The fourth-order valence-corrected chi connectivity index (χ4v) is 2.25. The number of ether oxygens (including phenoxy) is 1. The molecule has 2 rings (SSSR count). The summed E-state index contributed by atoms with van der Waals surface area (Å²) in [4.78, 5) is 11.8. The summed E-state index contributed by atoms with van der Waals surface area (Å²) in [6.45, 7) is 2.07. The van der Waals surface area contributed by atoms with Gasteiger partial charge in [0.05, 0.1) is 0 Å². The van der Waals surface area contributed by atoms with E-state index in [1.54, 1.807) is 12.1 Å². The molecule has 0 N–H and O–H groups in total. The molecule has 0 spiro atoms. The lowest BCUT2D eigenvalue weighted by Crippen LogP contribution is -2.17. The third-order valence-electron chi connectivity index (χ3n) is 3.62. The lowest BCUT2D eigenvalue weighted by molar-refractivity contribution is 0.0721. The van der Waals surface area contributed by atoms with E-state index in [1.165, 1.54) is 12.1 Å². The molecule has 0 saturated heterocycles. The number of halogens is 5. The van der Waals surface area contributed by atoms with Crippen LogP contribution in [-0.2, 0) is 6.42 Å². The summed E-state index contributed by atoms with van der Waals surface area (Å²) in [7, 11) is 0. The highest BCUT2D eigenvalue weighted by atomic mass is 19.2. The van der Waals surface area contributed by atoms with Crippen LogP contribution in [0.5, 0.6) is 5.75 Å². The minimum atomic E-state index is -2.33. The van der Waals surface area contributed by atoms with Crippen molar-refractivity contribution >= 4 is 5.97 Å². The van der Waals surface area contributed by atoms with E-state index in [1.807, 2.05) is 0 Å². The molecule has 25 heavy (non-hydrogen) atoms. The Balaban J connectivity index is 2.18. The number of hydrogen-bond acceptors (Lipinski definition) is 2. The molecule has 0 aliphatic heterocycles. The Morgan fingerprint density at radius 2 is 1.36 bits per heavy atom. The quantitative estimate of drug-likeness (QED) is 0.174. The monoisotopic (exact) mass is 358 g/mol. The minimum Gasteiger partial charge on any atom is -0.423 e. The van der Waals surface area contributed by atoms with Gasteiger partial charge in [-0.1, -0.05) is 31.9 Å². The number of carbonyl (C=O) groups is 1. The number of benzene rings is 2. The highest BCUT2D eigenvalue weighted by Crippen LogP contribution is 2.24. The first kappa shape index (κ1) is 18.9. The molecule has 2 nitrogen and oxygen atoms in total. The Morgan fingerprint density at radius 3 is 1.88 bits per heavy atom. The van der Waals surface area contributed by atoms with Gasteiger partial charge in [0.25, 0.3) is 0 Å². The van der Waals surface area contributed by atoms with Crippen LogP contribution in [0.15, 0.2) is 24.3 Å². The second-order valence-corrected chi connectivity index (χ2v) is 5.44. The van der Waals surface area contributed by atoms with Crippen molar-refractivity contribution in [3.8, 4) is 5.75 Å². The largest absolute Gasteiger partial charge is 0.423 e. The lowest BCUT2D eigenvalue weighted by Gasteiger charge is -2.09. The molecule has 0 radical (unpaired) electrons. The van der Waals surface area contributed by atoms with Crippen LogP contribution >= 0.6 is 0 Å². The number of unbranched alkanes of at least 4 members (excludes halogenated alkanes) is 2. The molecule has 0 bridgehead atoms. The van der Waals surface area contributed by atoms with Crippen molar-refractivity contribution in [3.63, 3.8) is 0 Å². The zero-order valence-electron chi connectivity index (χ0n) is 13.3. The molecule has 0 atom stereocenters. The smallest absolute Gasteiger partial charge is 0.349 e. The van der Waals surface area contributed by atoms with E-state index < -0.39 is 40.6 Å². The van der Waals surface area contributed by atoms with Crippen LogP contribution in [0.1, 0.15) is 42.1 Å². The van der Waals surface area contributed by atoms with E-state index in [2.05, 4.69) is 6.92 Å². The second kappa shape index (κ2) is 8.09. The Bertz CT molecular complexity index is 743. The van der Waals surface area contributed by atoms with Crippen LogP contribution in [-0.4, -0.2) is 5.97 Å². The van der Waals surface area contributed by atoms with E-state index in [-0.39, 0.29) is 5.75 Å². The maximum atomic E-state index is 13.6. The Hall–Kier alpha value is -2.44. The molecule has 7 heteroatoms. The fraction of sp³-hybridized carbons (Fsp3) is 0.278. The molecule has 0 aliphatic carbocycles. The first-order chi connectivity index (χ1) is 11.9. The van der Waals surface area contributed by atoms with Crippen molar-refractivity contribution in [2.45, 2.75) is 32.6 Å². The van der Waals surface area contributed by atoms with Crippen molar-refractivity contribution in [2.75, 3.05) is 0 Å². The van der Waals surface area contributed by atoms with E-state index >= 15 is 0 Å². The number of esters is 1. The molecule has 0 amide bonds. The average Bonchev–Trinajstić information content (AvgIpc) is 2.60. The molecule has 2 aromatic rings. The van der Waals surface area contributed by atoms with Crippen molar-refractivity contribution < 1.29 is 31.5 Å². The predicted octanol–water partition coefficient (Wildman–Crippen LogP) is 5.33. The van der Waals surface area contributed by atoms with Crippen LogP contribution in [0, 0.1) is 29.1 Å². The minimum absolute atomic E-state index is 0.0619. The normalized spacial score (nSPS) is 10.8. The summed E-state index contributed by atoms with van der Waals surface area (Å²) in [6, 6.07) is 6.12. The highest BCUT2D eigenvalue weighted by Gasteiger charge is 2.30. The number of aryl methyl sites for hydroxylation is 1. The van der Waals surface area contributed by atoms with Gasteiger partial charge < -0.3 is 4.74 Å². The van der Waals surface area contributed by atoms with Gasteiger partial charge >= 0.3 is 5.97 Å². The lowest BCUT2D eigenvalue weighted by atomic mass is 10.1. The van der Waals surface area contributed by atoms with Gasteiger partial charge in [0.2, 0.25) is 5.82 Å². The van der Waals surface area contributed by atoms with Gasteiger partial charge in [0, 0.05) is 0 Å². The molecule has 0 unspecified atom stereocenters. The zero-order valence-corrected chi connectivity index (χ0v) is 13.3. The third-order valence-corrected chi connectivity index (χ3v) is 3.62. The molecule has 2 aromatic carbocycles. The summed E-state index contributed by atoms with van der Waals surface area (Å²) in [5, 5.41) is 0. The van der Waals surface area contributed by atoms with Gasteiger partial charge in [-0.15, -0.1) is 0 Å². The van der Waals surface area contributed by atoms with E-state index in [0.29, 0.717) is 0 Å². The first-order valence-corrected chi connectivity index (χ1v) is 7.69.